The number of aliphatic hydroxyl groups excluding tert-OH is 1. The van der Waals surface area contributed by atoms with Crippen molar-refractivity contribution in [3.8, 4) is 0 Å². The van der Waals surface area contributed by atoms with Crippen LogP contribution in [0.5, 0.6) is 0 Å². The minimum atomic E-state index is -0.202. The minimum Gasteiger partial charge on any atom is -0.392 e. The highest BCUT2D eigenvalue weighted by atomic mass is 16.3. The van der Waals surface area contributed by atoms with Crippen LogP contribution in [0.2, 0.25) is 0 Å². The van der Waals surface area contributed by atoms with E-state index < -0.39 is 0 Å². The summed E-state index contributed by atoms with van der Waals surface area (Å²) in [5.74, 6) is 2.64. The van der Waals surface area contributed by atoms with Gasteiger partial charge in [-0.15, -0.1) is 0 Å². The monoisotopic (exact) mass is 350 g/mol. The average Bonchev–Trinajstić information content (AvgIpc) is 3.09. The number of hydrogen-bond donors (Lipinski definition) is 1. The van der Waals surface area contributed by atoms with E-state index in [2.05, 4.69) is 34.4 Å². The predicted molar refractivity (Wildman–Crippen MR) is 104 cm³/mol. The molecule has 1 aliphatic heterocycles. The molecule has 2 heterocycles. The summed E-state index contributed by atoms with van der Waals surface area (Å²) in [6, 6.07) is 0.253. The van der Waals surface area contributed by atoms with Gasteiger partial charge >= 0.3 is 0 Å². The first-order valence-electron chi connectivity index (χ1n) is 10.4. The molecule has 0 radical (unpaired) electrons. The molecule has 4 fully saturated rings. The van der Waals surface area contributed by atoms with Gasteiger partial charge in [-0.2, -0.15) is 0 Å². The summed E-state index contributed by atoms with van der Waals surface area (Å²) in [4.78, 5) is 4.38. The summed E-state index contributed by atoms with van der Waals surface area (Å²) in [7, 11) is 0. The van der Waals surface area contributed by atoms with Crippen LogP contribution in [0.15, 0.2) is 43.4 Å². The van der Waals surface area contributed by atoms with Gasteiger partial charge in [-0.1, -0.05) is 30.9 Å². The standard InChI is InChI=1S/C23H30N2O/c1-16-5-3-2-4-6-20(25-15-24-14-21(16)25)10-22(26)23-11-17-7-18(12-23)9-19(8-17)13-23/h2-5,14-15,17-20,22,26H,1,6-13H2/b4-2-,5-3-/t17?,18?,19?,20-,22+,23?/m1/s1. The van der Waals surface area contributed by atoms with E-state index in [1.54, 1.807) is 0 Å². The molecule has 4 saturated carbocycles. The summed E-state index contributed by atoms with van der Waals surface area (Å²) in [6.07, 6.45) is 21.9. The quantitative estimate of drug-likeness (QED) is 0.840. The highest BCUT2D eigenvalue weighted by Crippen LogP contribution is 2.62. The Balaban J connectivity index is 1.40. The normalized spacial score (nSPS) is 41.8. The van der Waals surface area contributed by atoms with Gasteiger partial charge in [-0.25, -0.2) is 4.98 Å². The summed E-state index contributed by atoms with van der Waals surface area (Å²) in [5, 5.41) is 11.4. The largest absolute Gasteiger partial charge is 0.392 e. The van der Waals surface area contributed by atoms with Crippen molar-refractivity contribution in [3.05, 3.63) is 49.1 Å². The molecule has 4 aliphatic carbocycles. The van der Waals surface area contributed by atoms with Gasteiger partial charge in [0.2, 0.25) is 0 Å². The summed E-state index contributed by atoms with van der Waals surface area (Å²) < 4.78 is 2.24. The Labute approximate surface area is 156 Å². The fraction of sp³-hybridized carbons (Fsp3) is 0.609. The van der Waals surface area contributed by atoms with Crippen LogP contribution in [0.25, 0.3) is 5.57 Å². The van der Waals surface area contributed by atoms with Gasteiger partial charge in [0.1, 0.15) is 0 Å². The molecule has 0 spiro atoms. The SMILES string of the molecule is C=C1/C=C\C=C/C[C@H](C[C@H](O)C23CC4CC(CC(C4)C2)C3)n2cncc21. The van der Waals surface area contributed by atoms with Crippen LogP contribution in [-0.2, 0) is 0 Å². The lowest BCUT2D eigenvalue weighted by Gasteiger charge is -2.58. The molecule has 1 N–H and O–H groups in total. The van der Waals surface area contributed by atoms with Crippen LogP contribution in [0.4, 0.5) is 0 Å². The Kier molecular flexibility index (Phi) is 3.97. The third-order valence-corrected chi connectivity index (χ3v) is 7.63. The molecule has 1 aromatic heterocycles. The van der Waals surface area contributed by atoms with Crippen LogP contribution in [0, 0.1) is 23.2 Å². The van der Waals surface area contributed by atoms with Crippen LogP contribution < -0.4 is 0 Å². The summed E-state index contributed by atoms with van der Waals surface area (Å²) >= 11 is 0. The Bertz CT molecular complexity index is 721. The third-order valence-electron chi connectivity index (χ3n) is 7.63. The number of hydrogen-bond acceptors (Lipinski definition) is 2. The molecule has 0 aromatic carbocycles. The number of aromatic nitrogens is 2. The van der Waals surface area contributed by atoms with Gasteiger partial charge in [-0.3, -0.25) is 0 Å². The van der Waals surface area contributed by atoms with Crippen molar-refractivity contribution in [3.63, 3.8) is 0 Å². The lowest BCUT2D eigenvalue weighted by Crippen LogP contribution is -2.52. The molecule has 3 heteroatoms. The second kappa shape index (κ2) is 6.23. The average molecular weight is 351 g/mol. The molecule has 0 amide bonds. The van der Waals surface area contributed by atoms with E-state index in [-0.39, 0.29) is 17.6 Å². The molecule has 26 heavy (non-hydrogen) atoms. The number of aliphatic hydroxyl groups is 1. The van der Waals surface area contributed by atoms with Gasteiger partial charge in [-0.05, 0) is 80.1 Å². The lowest BCUT2D eigenvalue weighted by molar-refractivity contribution is -0.125. The fourth-order valence-electron chi connectivity index (χ4n) is 6.83. The molecule has 2 atom stereocenters. The maximum absolute atomic E-state index is 11.4. The molecule has 5 aliphatic rings. The zero-order valence-corrected chi connectivity index (χ0v) is 15.6. The van der Waals surface area contributed by atoms with Crippen molar-refractivity contribution in [1.82, 2.24) is 9.55 Å². The topological polar surface area (TPSA) is 38.0 Å². The second-order valence-corrected chi connectivity index (χ2v) is 9.42. The molecule has 4 bridgehead atoms. The van der Waals surface area contributed by atoms with Gasteiger partial charge in [0, 0.05) is 6.04 Å². The van der Waals surface area contributed by atoms with Crippen molar-refractivity contribution in [1.29, 1.82) is 0 Å². The third kappa shape index (κ3) is 2.72. The van der Waals surface area contributed by atoms with Crippen molar-refractivity contribution in [2.24, 2.45) is 23.2 Å². The Morgan fingerprint density at radius 2 is 1.85 bits per heavy atom. The number of imidazole rings is 1. The maximum atomic E-state index is 11.4. The Hall–Kier alpha value is -1.61. The smallest absolute Gasteiger partial charge is 0.0953 e. The van der Waals surface area contributed by atoms with Gasteiger partial charge in [0.15, 0.2) is 0 Å². The molecule has 0 unspecified atom stereocenters. The number of rotatable bonds is 3. The van der Waals surface area contributed by atoms with E-state index in [0.29, 0.717) is 0 Å². The van der Waals surface area contributed by atoms with Gasteiger partial charge in [0.05, 0.1) is 24.3 Å². The number of nitrogens with zero attached hydrogens (tertiary/aromatic N) is 2. The fourth-order valence-corrected chi connectivity index (χ4v) is 6.83. The molecule has 1 aromatic rings. The molecule has 3 nitrogen and oxygen atoms in total. The predicted octanol–water partition coefficient (Wildman–Crippen LogP) is 4.92. The van der Waals surface area contributed by atoms with E-state index in [0.717, 1.165) is 41.9 Å². The molecular weight excluding hydrogens is 320 g/mol. The van der Waals surface area contributed by atoms with E-state index >= 15 is 0 Å². The van der Waals surface area contributed by atoms with Crippen LogP contribution in [-0.4, -0.2) is 20.8 Å². The summed E-state index contributed by atoms with van der Waals surface area (Å²) in [6.45, 7) is 4.20. The van der Waals surface area contributed by atoms with Crippen molar-refractivity contribution >= 4 is 5.57 Å². The second-order valence-electron chi connectivity index (χ2n) is 9.42. The van der Waals surface area contributed by atoms with Gasteiger partial charge < -0.3 is 9.67 Å². The summed E-state index contributed by atoms with van der Waals surface area (Å²) in [5.41, 5.74) is 2.25. The van der Waals surface area contributed by atoms with Crippen molar-refractivity contribution in [2.75, 3.05) is 0 Å². The lowest BCUT2D eigenvalue weighted by atomic mass is 9.48. The van der Waals surface area contributed by atoms with Gasteiger partial charge in [0.25, 0.3) is 0 Å². The maximum Gasteiger partial charge on any atom is 0.0953 e. The Morgan fingerprint density at radius 3 is 2.54 bits per heavy atom. The first-order valence-corrected chi connectivity index (χ1v) is 10.4. The van der Waals surface area contributed by atoms with E-state index in [4.69, 9.17) is 0 Å². The van der Waals surface area contributed by atoms with E-state index in [1.807, 2.05) is 18.6 Å². The van der Waals surface area contributed by atoms with Crippen LogP contribution in [0.3, 0.4) is 0 Å². The first kappa shape index (κ1) is 16.6. The zero-order chi connectivity index (χ0) is 17.7. The number of allylic oxidation sites excluding steroid dienone is 5. The highest BCUT2D eigenvalue weighted by molar-refractivity contribution is 5.70. The van der Waals surface area contributed by atoms with Crippen LogP contribution >= 0.6 is 0 Å². The van der Waals surface area contributed by atoms with E-state index in [9.17, 15) is 5.11 Å². The first-order chi connectivity index (χ1) is 12.6. The molecule has 0 saturated heterocycles. The number of fused-ring (bicyclic) bond motifs is 1. The molecule has 6 rings (SSSR count). The zero-order valence-electron chi connectivity index (χ0n) is 15.6. The highest BCUT2D eigenvalue weighted by Gasteiger charge is 2.54. The minimum absolute atomic E-state index is 0.187. The molecular formula is C23H30N2O. The Morgan fingerprint density at radius 1 is 1.15 bits per heavy atom. The van der Waals surface area contributed by atoms with E-state index in [1.165, 1.54) is 38.5 Å². The van der Waals surface area contributed by atoms with Crippen LogP contribution in [0.1, 0.15) is 63.1 Å². The molecule has 138 valence electrons. The van der Waals surface area contributed by atoms with Crippen molar-refractivity contribution < 1.29 is 5.11 Å². The van der Waals surface area contributed by atoms with Crippen molar-refractivity contribution in [2.45, 2.75) is 63.5 Å².